The van der Waals surface area contributed by atoms with E-state index in [0.29, 0.717) is 22.7 Å². The molecule has 0 spiro atoms. The van der Waals surface area contributed by atoms with Crippen LogP contribution in [0.2, 0.25) is 0 Å². The van der Waals surface area contributed by atoms with E-state index in [1.165, 1.54) is 17.5 Å². The lowest BCUT2D eigenvalue weighted by molar-refractivity contribution is -0.137. The first-order valence-electron chi connectivity index (χ1n) is 14.1. The van der Waals surface area contributed by atoms with Crippen molar-refractivity contribution in [3.63, 3.8) is 0 Å². The molecule has 0 bridgehead atoms. The molecule has 0 aliphatic rings. The number of aliphatic imine (C=N–C) groups is 1. The maximum absolute atomic E-state index is 12.8. The van der Waals surface area contributed by atoms with Crippen molar-refractivity contribution in [2.45, 2.75) is 6.18 Å². The Bertz CT molecular complexity index is 2060. The molecule has 6 aromatic rings. The van der Waals surface area contributed by atoms with Crippen molar-refractivity contribution in [2.24, 2.45) is 25.4 Å². The van der Waals surface area contributed by atoms with Crippen LogP contribution in [0.1, 0.15) is 11.1 Å². The van der Waals surface area contributed by atoms with Gasteiger partial charge in [-0.15, -0.1) is 5.11 Å². The predicted molar refractivity (Wildman–Crippen MR) is 176 cm³/mol. The summed E-state index contributed by atoms with van der Waals surface area (Å²) in [4.78, 5) is 6.98. The van der Waals surface area contributed by atoms with Gasteiger partial charge in [0.1, 0.15) is 0 Å². The third kappa shape index (κ3) is 6.62. The molecule has 0 aliphatic heterocycles. The van der Waals surface area contributed by atoms with E-state index in [1.54, 1.807) is 24.3 Å². The number of fused-ring (bicyclic) bond motifs is 2. The van der Waals surface area contributed by atoms with E-state index in [4.69, 9.17) is 4.99 Å². The second-order valence-corrected chi connectivity index (χ2v) is 10.5. The largest absolute Gasteiger partial charge is 0.416 e. The molecule has 0 N–H and O–H groups in total. The van der Waals surface area contributed by atoms with E-state index in [1.807, 2.05) is 68.8 Å². The van der Waals surface area contributed by atoms with Crippen LogP contribution in [0.25, 0.3) is 21.5 Å². The van der Waals surface area contributed by atoms with E-state index < -0.39 is 11.7 Å². The third-order valence-corrected chi connectivity index (χ3v) is 7.24. The minimum atomic E-state index is -4.39. The number of anilines is 1. The Morgan fingerprint density at radius 2 is 1.00 bits per heavy atom. The lowest BCUT2D eigenvalue weighted by Crippen LogP contribution is -2.09. The first-order valence-corrected chi connectivity index (χ1v) is 14.1. The van der Waals surface area contributed by atoms with Crippen LogP contribution < -0.4 is 4.90 Å². The van der Waals surface area contributed by atoms with Crippen molar-refractivity contribution in [1.82, 2.24) is 0 Å². The normalized spacial score (nSPS) is 12.3. The van der Waals surface area contributed by atoms with Crippen molar-refractivity contribution in [2.75, 3.05) is 19.0 Å². The first kappa shape index (κ1) is 29.4. The average Bonchev–Trinajstić information content (AvgIpc) is 3.05. The summed E-state index contributed by atoms with van der Waals surface area (Å²) in [7, 11) is 4.08. The Balaban J connectivity index is 1.21. The number of rotatable bonds is 7. The number of nitrogens with zero attached hydrogens (tertiary/aromatic N) is 6. The zero-order chi connectivity index (χ0) is 31.4. The molecule has 0 aromatic heterocycles. The molecule has 0 atom stereocenters. The predicted octanol–water partition coefficient (Wildman–Crippen LogP) is 11.7. The van der Waals surface area contributed by atoms with Crippen LogP contribution in [0.15, 0.2) is 147 Å². The van der Waals surface area contributed by atoms with E-state index >= 15 is 0 Å². The highest BCUT2D eigenvalue weighted by Crippen LogP contribution is 2.35. The molecular formula is C36H27F3N6. The number of hydrogen-bond donors (Lipinski definition) is 0. The highest BCUT2D eigenvalue weighted by Gasteiger charge is 2.29. The van der Waals surface area contributed by atoms with Gasteiger partial charge < -0.3 is 4.90 Å². The maximum atomic E-state index is 12.8. The Morgan fingerprint density at radius 1 is 0.511 bits per heavy atom. The summed E-state index contributed by atoms with van der Waals surface area (Å²) in [5.41, 5.74) is 4.46. The van der Waals surface area contributed by atoms with Crippen molar-refractivity contribution < 1.29 is 13.2 Å². The summed E-state index contributed by atoms with van der Waals surface area (Å²) >= 11 is 0. The summed E-state index contributed by atoms with van der Waals surface area (Å²) < 4.78 is 38.3. The van der Waals surface area contributed by atoms with Crippen LogP contribution in [0, 0.1) is 0 Å². The van der Waals surface area contributed by atoms with Crippen molar-refractivity contribution in [1.29, 1.82) is 0 Å². The number of azo groups is 2. The third-order valence-electron chi connectivity index (χ3n) is 7.24. The van der Waals surface area contributed by atoms with Crippen molar-refractivity contribution in [3.05, 3.63) is 132 Å². The molecule has 0 amide bonds. The Hall–Kier alpha value is -5.70. The molecule has 0 unspecified atom stereocenters. The average molecular weight is 601 g/mol. The molecule has 0 saturated carbocycles. The van der Waals surface area contributed by atoms with Crippen LogP contribution in [-0.4, -0.2) is 20.3 Å². The second kappa shape index (κ2) is 12.5. The molecule has 45 heavy (non-hydrogen) atoms. The van der Waals surface area contributed by atoms with Crippen LogP contribution in [0.5, 0.6) is 0 Å². The minimum Gasteiger partial charge on any atom is -0.377 e. The lowest BCUT2D eigenvalue weighted by Gasteiger charge is -2.16. The van der Waals surface area contributed by atoms with Crippen molar-refractivity contribution in [3.8, 4) is 0 Å². The van der Waals surface area contributed by atoms with Gasteiger partial charge in [0, 0.05) is 47.7 Å². The fourth-order valence-corrected chi connectivity index (χ4v) is 4.95. The SMILES string of the molecule is CN(C)c1ccc(C=Nc2ccc(N=Nc3ccc(N=Nc4ccc(C(F)(F)F)cc4)cc3)c3ccccc23)c2ccccc12. The lowest BCUT2D eigenvalue weighted by atomic mass is 10.0. The zero-order valence-corrected chi connectivity index (χ0v) is 24.4. The van der Waals surface area contributed by atoms with Crippen LogP contribution >= 0.6 is 0 Å². The van der Waals surface area contributed by atoms with Gasteiger partial charge in [0.15, 0.2) is 0 Å². The molecule has 0 fully saturated rings. The van der Waals surface area contributed by atoms with Gasteiger partial charge in [0.05, 0.1) is 34.0 Å². The summed E-state index contributed by atoms with van der Waals surface area (Å²) in [6.07, 6.45) is -2.49. The number of alkyl halides is 3. The van der Waals surface area contributed by atoms with E-state index in [0.717, 1.165) is 45.2 Å². The van der Waals surface area contributed by atoms with Crippen LogP contribution in [-0.2, 0) is 6.18 Å². The highest BCUT2D eigenvalue weighted by molar-refractivity contribution is 6.07. The quantitative estimate of drug-likeness (QED) is 0.133. The second-order valence-electron chi connectivity index (χ2n) is 10.5. The highest BCUT2D eigenvalue weighted by atomic mass is 19.4. The van der Waals surface area contributed by atoms with Gasteiger partial charge in [-0.25, -0.2) is 0 Å². The fraction of sp³-hybridized carbons (Fsp3) is 0.0833. The molecule has 6 aromatic carbocycles. The van der Waals surface area contributed by atoms with Crippen LogP contribution in [0.4, 0.5) is 47.3 Å². The number of benzene rings is 6. The number of halogens is 3. The Labute approximate surface area is 257 Å². The van der Waals surface area contributed by atoms with Gasteiger partial charge >= 0.3 is 6.18 Å². The maximum Gasteiger partial charge on any atom is 0.416 e. The van der Waals surface area contributed by atoms with Gasteiger partial charge in [0.25, 0.3) is 0 Å². The summed E-state index contributed by atoms with van der Waals surface area (Å²) in [6.45, 7) is 0. The van der Waals surface area contributed by atoms with Crippen molar-refractivity contribution >= 4 is 61.9 Å². The monoisotopic (exact) mass is 600 g/mol. The van der Waals surface area contributed by atoms with Gasteiger partial charge in [-0.05, 0) is 72.1 Å². The topological polar surface area (TPSA) is 65.0 Å². The molecule has 6 rings (SSSR count). The van der Waals surface area contributed by atoms with Gasteiger partial charge in [-0.2, -0.15) is 28.5 Å². The van der Waals surface area contributed by atoms with E-state index in [9.17, 15) is 13.2 Å². The molecule has 9 heteroatoms. The smallest absolute Gasteiger partial charge is 0.377 e. The molecule has 222 valence electrons. The van der Waals surface area contributed by atoms with E-state index in [-0.39, 0.29) is 0 Å². The molecule has 6 nitrogen and oxygen atoms in total. The Morgan fingerprint density at radius 3 is 1.58 bits per heavy atom. The Kier molecular flexibility index (Phi) is 8.16. The molecular weight excluding hydrogens is 573 g/mol. The zero-order valence-electron chi connectivity index (χ0n) is 24.4. The van der Waals surface area contributed by atoms with Gasteiger partial charge in [-0.1, -0.05) is 54.6 Å². The number of hydrogen-bond acceptors (Lipinski definition) is 6. The minimum absolute atomic E-state index is 0.321. The summed E-state index contributed by atoms with van der Waals surface area (Å²) in [5, 5.41) is 21.2. The standard InChI is InChI=1S/C36H27F3N6/c1-45(2)35-22-11-24(29-7-3-6-10-32(29)35)23-40-33-20-21-34(31-9-5-4-8-30(31)33)44-43-28-18-16-27(17-19-28)42-41-26-14-12-25(13-15-26)36(37,38)39/h3-23H,1-2H3. The fourth-order valence-electron chi connectivity index (χ4n) is 4.95. The first-order chi connectivity index (χ1) is 21.8. The molecule has 0 aliphatic carbocycles. The van der Waals surface area contributed by atoms with Gasteiger partial charge in [-0.3, -0.25) is 4.99 Å². The van der Waals surface area contributed by atoms with Gasteiger partial charge in [0.2, 0.25) is 0 Å². The molecule has 0 radical (unpaired) electrons. The van der Waals surface area contributed by atoms with Crippen LogP contribution in [0.3, 0.4) is 0 Å². The summed E-state index contributed by atoms with van der Waals surface area (Å²) in [6, 6.07) is 35.7. The van der Waals surface area contributed by atoms with E-state index in [2.05, 4.69) is 49.6 Å². The molecule has 0 heterocycles. The molecule has 0 saturated heterocycles. The summed E-state index contributed by atoms with van der Waals surface area (Å²) in [5.74, 6) is 0.